The number of rotatable bonds is 6. The van der Waals surface area contributed by atoms with E-state index in [0.29, 0.717) is 12.5 Å². The molecule has 1 fully saturated rings. The van der Waals surface area contributed by atoms with Gasteiger partial charge in [0.2, 0.25) is 0 Å². The zero-order valence-corrected chi connectivity index (χ0v) is 15.1. The van der Waals surface area contributed by atoms with Gasteiger partial charge in [-0.1, -0.05) is 36.4 Å². The summed E-state index contributed by atoms with van der Waals surface area (Å²) >= 11 is 0. The van der Waals surface area contributed by atoms with E-state index in [0.717, 1.165) is 37.7 Å². The molecule has 1 heterocycles. The number of hydrogen-bond donors (Lipinski definition) is 2. The van der Waals surface area contributed by atoms with E-state index in [4.69, 9.17) is 15.2 Å². The summed E-state index contributed by atoms with van der Waals surface area (Å²) in [6, 6.07) is 18.2. The Hall–Kier alpha value is -2.57. The lowest BCUT2D eigenvalue weighted by atomic mass is 10.1. The highest BCUT2D eigenvalue weighted by atomic mass is 16.5. The van der Waals surface area contributed by atoms with E-state index in [9.17, 15) is 0 Å². The highest BCUT2D eigenvalue weighted by Crippen LogP contribution is 2.22. The van der Waals surface area contributed by atoms with Gasteiger partial charge in [-0.25, -0.2) is 0 Å². The highest BCUT2D eigenvalue weighted by molar-refractivity contribution is 5.92. The van der Waals surface area contributed by atoms with Crippen molar-refractivity contribution < 1.29 is 9.47 Å². The van der Waals surface area contributed by atoms with Crippen molar-refractivity contribution in [3.05, 3.63) is 60.2 Å². The predicted octanol–water partition coefficient (Wildman–Crippen LogP) is 2.50. The molecule has 1 aliphatic heterocycles. The molecule has 0 saturated carbocycles. The molecule has 138 valence electrons. The summed E-state index contributed by atoms with van der Waals surface area (Å²) in [6.45, 7) is 3.90. The van der Waals surface area contributed by atoms with Crippen LogP contribution in [0, 0.1) is 0 Å². The van der Waals surface area contributed by atoms with Gasteiger partial charge in [0, 0.05) is 24.8 Å². The molecular weight excluding hydrogens is 328 g/mol. The van der Waals surface area contributed by atoms with Gasteiger partial charge in [0.15, 0.2) is 5.96 Å². The molecule has 2 aromatic carbocycles. The molecule has 26 heavy (non-hydrogen) atoms. The van der Waals surface area contributed by atoms with Gasteiger partial charge in [-0.3, -0.25) is 9.89 Å². The van der Waals surface area contributed by atoms with Crippen LogP contribution in [0.25, 0.3) is 0 Å². The summed E-state index contributed by atoms with van der Waals surface area (Å²) in [6.07, 6.45) is 0. The Morgan fingerprint density at radius 2 is 1.96 bits per heavy atom. The molecule has 3 rings (SSSR count). The molecule has 0 aliphatic carbocycles. The van der Waals surface area contributed by atoms with E-state index >= 15 is 0 Å². The number of nitrogens with zero attached hydrogens (tertiary/aromatic N) is 2. The second-order valence-corrected chi connectivity index (χ2v) is 6.16. The smallest absolute Gasteiger partial charge is 0.193 e. The van der Waals surface area contributed by atoms with Crippen LogP contribution in [-0.4, -0.2) is 50.8 Å². The van der Waals surface area contributed by atoms with Crippen LogP contribution in [-0.2, 0) is 4.74 Å². The molecule has 0 amide bonds. The first kappa shape index (κ1) is 18.2. The fraction of sp³-hybridized carbons (Fsp3) is 0.350. The standard InChI is InChI=1S/C20H26N4O2/c1-25-18-9-5-8-17(14-18)23-20(21)22-15-19(16-6-3-2-4-7-16)24-10-12-26-13-11-24/h2-9,14,19H,10-13,15H2,1H3,(H3,21,22,23). The molecule has 1 atom stereocenters. The molecule has 1 unspecified atom stereocenters. The second-order valence-electron chi connectivity index (χ2n) is 6.16. The first-order valence-electron chi connectivity index (χ1n) is 8.84. The topological polar surface area (TPSA) is 72.1 Å². The predicted molar refractivity (Wildman–Crippen MR) is 105 cm³/mol. The number of anilines is 1. The average Bonchev–Trinajstić information content (AvgIpc) is 2.70. The zero-order chi connectivity index (χ0) is 18.2. The number of aliphatic imine (C=N–C) groups is 1. The van der Waals surface area contributed by atoms with E-state index in [1.54, 1.807) is 7.11 Å². The van der Waals surface area contributed by atoms with Gasteiger partial charge in [-0.2, -0.15) is 0 Å². The van der Waals surface area contributed by atoms with Crippen LogP contribution in [0.5, 0.6) is 5.75 Å². The van der Waals surface area contributed by atoms with E-state index < -0.39 is 0 Å². The van der Waals surface area contributed by atoms with Crippen LogP contribution in [0.15, 0.2) is 59.6 Å². The van der Waals surface area contributed by atoms with Crippen LogP contribution in [0.3, 0.4) is 0 Å². The zero-order valence-electron chi connectivity index (χ0n) is 15.1. The van der Waals surface area contributed by atoms with Crippen molar-refractivity contribution in [2.75, 3.05) is 45.3 Å². The van der Waals surface area contributed by atoms with Gasteiger partial charge in [0.25, 0.3) is 0 Å². The summed E-state index contributed by atoms with van der Waals surface area (Å²) in [7, 11) is 1.64. The highest BCUT2D eigenvalue weighted by Gasteiger charge is 2.22. The Labute approximate surface area is 154 Å². The Balaban J connectivity index is 1.70. The average molecular weight is 354 g/mol. The summed E-state index contributed by atoms with van der Waals surface area (Å²) in [5.41, 5.74) is 8.21. The summed E-state index contributed by atoms with van der Waals surface area (Å²) in [5.74, 6) is 1.17. The summed E-state index contributed by atoms with van der Waals surface area (Å²) < 4.78 is 10.7. The fourth-order valence-corrected chi connectivity index (χ4v) is 3.07. The monoisotopic (exact) mass is 354 g/mol. The van der Waals surface area contributed by atoms with Gasteiger partial charge >= 0.3 is 0 Å². The molecule has 6 nitrogen and oxygen atoms in total. The number of benzene rings is 2. The Morgan fingerprint density at radius 3 is 2.69 bits per heavy atom. The maximum atomic E-state index is 6.11. The molecular formula is C20H26N4O2. The van der Waals surface area contributed by atoms with Crippen LogP contribution in [0.2, 0.25) is 0 Å². The summed E-state index contributed by atoms with van der Waals surface area (Å²) in [4.78, 5) is 6.99. The maximum Gasteiger partial charge on any atom is 0.193 e. The first-order valence-corrected chi connectivity index (χ1v) is 8.84. The molecule has 0 spiro atoms. The molecule has 6 heteroatoms. The van der Waals surface area contributed by atoms with Crippen LogP contribution < -0.4 is 15.8 Å². The first-order chi connectivity index (χ1) is 12.8. The number of guanidine groups is 1. The van der Waals surface area contributed by atoms with Gasteiger partial charge in [-0.15, -0.1) is 0 Å². The lowest BCUT2D eigenvalue weighted by molar-refractivity contribution is 0.0180. The third kappa shape index (κ3) is 4.97. The molecule has 0 aromatic heterocycles. The van der Waals surface area contributed by atoms with Gasteiger partial charge in [0.05, 0.1) is 32.9 Å². The number of methoxy groups -OCH3 is 1. The third-order valence-corrected chi connectivity index (χ3v) is 4.45. The van der Waals surface area contributed by atoms with Gasteiger partial charge < -0.3 is 20.5 Å². The van der Waals surface area contributed by atoms with Gasteiger partial charge in [-0.05, 0) is 17.7 Å². The number of nitrogens with one attached hydrogen (secondary N) is 1. The Bertz CT molecular complexity index is 715. The number of nitrogens with two attached hydrogens (primary N) is 1. The minimum absolute atomic E-state index is 0.186. The second kappa shape index (κ2) is 9.22. The van der Waals surface area contributed by atoms with Crippen molar-refractivity contribution in [1.82, 2.24) is 4.90 Å². The molecule has 0 bridgehead atoms. The van der Waals surface area contributed by atoms with Crippen molar-refractivity contribution in [3.63, 3.8) is 0 Å². The molecule has 1 aliphatic rings. The van der Waals surface area contributed by atoms with Crippen LogP contribution in [0.1, 0.15) is 11.6 Å². The molecule has 1 saturated heterocycles. The molecule has 2 aromatic rings. The van der Waals surface area contributed by atoms with Crippen molar-refractivity contribution in [3.8, 4) is 5.75 Å². The van der Waals surface area contributed by atoms with Gasteiger partial charge in [0.1, 0.15) is 5.75 Å². The van der Waals surface area contributed by atoms with Crippen LogP contribution >= 0.6 is 0 Å². The maximum absolute atomic E-state index is 6.11. The van der Waals surface area contributed by atoms with Crippen molar-refractivity contribution >= 4 is 11.6 Å². The molecule has 0 radical (unpaired) electrons. The Kier molecular flexibility index (Phi) is 6.46. The minimum Gasteiger partial charge on any atom is -0.497 e. The molecule has 3 N–H and O–H groups in total. The third-order valence-electron chi connectivity index (χ3n) is 4.45. The summed E-state index contributed by atoms with van der Waals surface area (Å²) in [5, 5.41) is 3.13. The number of morpholine rings is 1. The fourth-order valence-electron chi connectivity index (χ4n) is 3.07. The number of hydrogen-bond acceptors (Lipinski definition) is 4. The van der Waals surface area contributed by atoms with E-state index in [-0.39, 0.29) is 6.04 Å². The van der Waals surface area contributed by atoms with Crippen molar-refractivity contribution in [2.24, 2.45) is 10.7 Å². The van der Waals surface area contributed by atoms with Crippen molar-refractivity contribution in [2.45, 2.75) is 6.04 Å². The quantitative estimate of drug-likeness (QED) is 0.616. The van der Waals surface area contributed by atoms with E-state index in [1.807, 2.05) is 30.3 Å². The minimum atomic E-state index is 0.186. The normalized spacial score (nSPS) is 16.9. The van der Waals surface area contributed by atoms with E-state index in [2.05, 4.69) is 39.5 Å². The number of ether oxygens (including phenoxy) is 2. The lowest BCUT2D eigenvalue weighted by Crippen LogP contribution is -2.40. The largest absolute Gasteiger partial charge is 0.497 e. The van der Waals surface area contributed by atoms with E-state index in [1.165, 1.54) is 5.56 Å². The lowest BCUT2D eigenvalue weighted by Gasteiger charge is -2.34. The Morgan fingerprint density at radius 1 is 1.19 bits per heavy atom. The SMILES string of the molecule is COc1cccc(NC(N)=NCC(c2ccccc2)N2CCOCC2)c1. The van der Waals surface area contributed by atoms with Crippen molar-refractivity contribution in [1.29, 1.82) is 0 Å². The van der Waals surface area contributed by atoms with Crippen LogP contribution in [0.4, 0.5) is 5.69 Å².